The molecule has 0 saturated carbocycles. The Morgan fingerprint density at radius 2 is 0.881 bits per heavy atom. The first-order valence-electron chi connectivity index (χ1n) is 27.1. The Labute approximate surface area is 417 Å². The van der Waals surface area contributed by atoms with E-state index in [2.05, 4.69) is 184 Å². The van der Waals surface area contributed by atoms with E-state index in [9.17, 15) is 0 Å². The Bertz CT molecular complexity index is 2040. The minimum atomic E-state index is -0.365. The van der Waals surface area contributed by atoms with Crippen molar-refractivity contribution < 1.29 is 9.47 Å². The van der Waals surface area contributed by atoms with Gasteiger partial charge >= 0.3 is 0 Å². The molecule has 0 bridgehead atoms. The zero-order valence-electron chi connectivity index (χ0n) is 45.8. The van der Waals surface area contributed by atoms with Crippen LogP contribution in [0.3, 0.4) is 0 Å². The Balaban J connectivity index is 0.000000157. The molecule has 8 unspecified atom stereocenters. The van der Waals surface area contributed by atoms with Gasteiger partial charge in [-0.3, -0.25) is 0 Å². The van der Waals surface area contributed by atoms with Crippen LogP contribution in [0.2, 0.25) is 0 Å². The Morgan fingerprint density at radius 3 is 1.22 bits per heavy atom. The summed E-state index contributed by atoms with van der Waals surface area (Å²) in [5.74, 6) is 1.45. The van der Waals surface area contributed by atoms with Crippen molar-refractivity contribution in [1.82, 2.24) is 0 Å². The molecule has 5 aliphatic heterocycles. The Kier molecular flexibility index (Phi) is 20.0. The number of ether oxygens (including phenoxy) is 2. The highest BCUT2D eigenvalue weighted by molar-refractivity contribution is 7.61. The van der Waals surface area contributed by atoms with Gasteiger partial charge in [-0.05, 0) is 166 Å². The molecule has 6 heteroatoms. The monoisotopic (exact) mass is 985 g/mol. The number of rotatable bonds is 8. The number of benzene rings is 4. The third-order valence-corrected chi connectivity index (χ3v) is 31.5. The first-order valence-corrected chi connectivity index (χ1v) is 33.6. The van der Waals surface area contributed by atoms with Crippen molar-refractivity contribution in [2.75, 3.05) is 0 Å². The molecule has 67 heavy (non-hydrogen) atoms. The van der Waals surface area contributed by atoms with E-state index < -0.39 is 0 Å². The van der Waals surface area contributed by atoms with Gasteiger partial charge in [-0.2, -0.15) is 0 Å². The SMILES string of the molecule is CC(C)C1CCC(C(C)C)P1C(C)C.CC(C)P1C(C)C2OC(C)(C)OC2C1C.CC(C)P1Cc2ccc3ccccc3c2-c2c(ccc3ccccc23)C1.CCC1CCC(CC)P1C(C)C. The van der Waals surface area contributed by atoms with Gasteiger partial charge in [-0.25, -0.2) is 0 Å². The zero-order valence-corrected chi connectivity index (χ0v) is 49.4. The summed E-state index contributed by atoms with van der Waals surface area (Å²) < 4.78 is 12.1. The fraction of sp³-hybridized carbons (Fsp3) is 0.672. The van der Waals surface area contributed by atoms with Crippen LogP contribution in [0.15, 0.2) is 72.8 Å². The molecule has 4 saturated heterocycles. The van der Waals surface area contributed by atoms with E-state index in [0.29, 0.717) is 39.4 Å². The van der Waals surface area contributed by atoms with Gasteiger partial charge in [0.15, 0.2) is 5.79 Å². The highest BCUT2D eigenvalue weighted by Gasteiger charge is 2.55. The quantitative estimate of drug-likeness (QED) is 0.164. The first-order chi connectivity index (χ1) is 31.7. The Morgan fingerprint density at radius 1 is 0.493 bits per heavy atom. The molecule has 0 radical (unpaired) electrons. The molecule has 4 aromatic carbocycles. The molecule has 0 N–H and O–H groups in total. The first kappa shape index (κ1) is 55.4. The summed E-state index contributed by atoms with van der Waals surface area (Å²) in [6.45, 7) is 42.4. The second-order valence-corrected chi connectivity index (χ2v) is 36.3. The van der Waals surface area contributed by atoms with Crippen molar-refractivity contribution in [1.29, 1.82) is 0 Å². The van der Waals surface area contributed by atoms with Crippen molar-refractivity contribution in [3.8, 4) is 11.1 Å². The molecule has 372 valence electrons. The lowest BCUT2D eigenvalue weighted by molar-refractivity contribution is -0.147. The third kappa shape index (κ3) is 12.6. The topological polar surface area (TPSA) is 18.5 Å². The normalized spacial score (nSPS) is 30.0. The average Bonchev–Trinajstić information content (AvgIpc) is 4.03. The van der Waals surface area contributed by atoms with Crippen LogP contribution in [-0.2, 0) is 21.8 Å². The lowest BCUT2D eigenvalue weighted by Gasteiger charge is -2.33. The summed E-state index contributed by atoms with van der Waals surface area (Å²) in [4.78, 5) is 0. The summed E-state index contributed by atoms with van der Waals surface area (Å²) in [5, 5.41) is 5.51. The van der Waals surface area contributed by atoms with Gasteiger partial charge in [-0.15, -0.1) is 0 Å². The van der Waals surface area contributed by atoms with Gasteiger partial charge in [-0.1, -0.05) is 215 Å². The minimum absolute atomic E-state index is 0.0413. The van der Waals surface area contributed by atoms with Gasteiger partial charge < -0.3 is 9.47 Å². The molecular formula is C61H96O2P4. The molecule has 0 aliphatic carbocycles. The molecule has 4 aromatic rings. The van der Waals surface area contributed by atoms with E-state index in [4.69, 9.17) is 9.47 Å². The van der Waals surface area contributed by atoms with Crippen molar-refractivity contribution in [3.63, 3.8) is 0 Å². The predicted octanol–water partition coefficient (Wildman–Crippen LogP) is 19.7. The lowest BCUT2D eigenvalue weighted by Crippen LogP contribution is -2.27. The van der Waals surface area contributed by atoms with Crippen molar-refractivity contribution in [2.45, 2.75) is 250 Å². The number of fused-ring (bicyclic) bond motifs is 8. The van der Waals surface area contributed by atoms with Gasteiger partial charge in [0.05, 0.1) is 12.2 Å². The van der Waals surface area contributed by atoms with Gasteiger partial charge in [0.25, 0.3) is 0 Å². The van der Waals surface area contributed by atoms with Crippen LogP contribution in [0.25, 0.3) is 32.7 Å². The zero-order chi connectivity index (χ0) is 49.1. The summed E-state index contributed by atoms with van der Waals surface area (Å²) in [6, 6.07) is 27.2. The fourth-order valence-corrected chi connectivity index (χ4v) is 27.5. The summed E-state index contributed by atoms with van der Waals surface area (Å²) in [7, 11) is 0.666. The molecular weight excluding hydrogens is 889 g/mol. The highest BCUT2D eigenvalue weighted by atomic mass is 31.1. The molecule has 4 fully saturated rings. The molecule has 0 amide bonds. The van der Waals surface area contributed by atoms with E-state index in [1.807, 2.05) is 13.8 Å². The number of hydrogen-bond donors (Lipinski definition) is 0. The van der Waals surface area contributed by atoms with Crippen molar-refractivity contribution in [2.24, 2.45) is 11.8 Å². The molecule has 2 nitrogen and oxygen atoms in total. The van der Waals surface area contributed by atoms with E-state index in [-0.39, 0.29) is 21.6 Å². The predicted molar refractivity (Wildman–Crippen MR) is 309 cm³/mol. The van der Waals surface area contributed by atoms with E-state index in [1.54, 1.807) is 11.1 Å². The maximum atomic E-state index is 6.03. The second kappa shape index (κ2) is 24.2. The third-order valence-electron chi connectivity index (χ3n) is 16.3. The van der Waals surface area contributed by atoms with Crippen LogP contribution in [0.1, 0.15) is 174 Å². The molecule has 5 aliphatic rings. The van der Waals surface area contributed by atoms with Crippen LogP contribution in [-0.4, -0.2) is 74.6 Å². The fourth-order valence-electron chi connectivity index (χ4n) is 13.2. The van der Waals surface area contributed by atoms with Crippen LogP contribution < -0.4 is 0 Å². The second-order valence-electron chi connectivity index (χ2n) is 23.2. The van der Waals surface area contributed by atoms with Crippen LogP contribution in [0.4, 0.5) is 0 Å². The van der Waals surface area contributed by atoms with Crippen molar-refractivity contribution >= 4 is 53.2 Å². The summed E-state index contributed by atoms with van der Waals surface area (Å²) in [6.07, 6.45) is 12.1. The number of hydrogen-bond acceptors (Lipinski definition) is 2. The maximum absolute atomic E-state index is 6.03. The minimum Gasteiger partial charge on any atom is -0.344 e. The highest BCUT2D eigenvalue weighted by Crippen LogP contribution is 2.64. The summed E-state index contributed by atoms with van der Waals surface area (Å²) >= 11 is 0. The van der Waals surface area contributed by atoms with Gasteiger partial charge in [0, 0.05) is 11.3 Å². The van der Waals surface area contributed by atoms with Gasteiger partial charge in [0.2, 0.25) is 0 Å². The molecule has 9 rings (SSSR count). The molecule has 0 spiro atoms. The van der Waals surface area contributed by atoms with Gasteiger partial charge in [0.1, 0.15) is 0 Å². The largest absolute Gasteiger partial charge is 0.344 e. The van der Waals surface area contributed by atoms with Crippen molar-refractivity contribution in [3.05, 3.63) is 83.9 Å². The lowest BCUT2D eigenvalue weighted by atomic mass is 9.88. The molecule has 8 atom stereocenters. The smallest absolute Gasteiger partial charge is 0.163 e. The molecule has 5 heterocycles. The van der Waals surface area contributed by atoms with E-state index in [1.165, 1.54) is 83.5 Å². The summed E-state index contributed by atoms with van der Waals surface area (Å²) in [5.41, 5.74) is 15.2. The van der Waals surface area contributed by atoms with Crippen LogP contribution in [0.5, 0.6) is 0 Å². The van der Waals surface area contributed by atoms with Crippen LogP contribution in [0, 0.1) is 11.8 Å². The average molecular weight is 985 g/mol. The van der Waals surface area contributed by atoms with E-state index in [0.717, 1.165) is 57.1 Å². The maximum Gasteiger partial charge on any atom is 0.163 e. The Hall–Kier alpha value is -0.960. The van der Waals surface area contributed by atoms with Crippen LogP contribution >= 0.6 is 31.7 Å². The standard InChI is InChI=1S/C25H23P.C13H27P.C12H23O2P.C11H23P/c1-17(2)26-15-20-13-11-18-7-3-5-9-22(18)24(20)25-21(16-26)14-12-19-8-4-6-10-23(19)25;1-9(2)12-7-8-13(10(3)4)14(12)11(5)6;1-7(2)15-8(3)10-11(9(15)4)14-12(5,6)13-10;1-5-10-7-8-11(6-2)12(10)9(3)4/h3-14,17H,15-16H2,1-2H3;9-13H,7-8H2,1-6H3;7-11H,1-6H3;9-11H,5-8H2,1-4H3. The van der Waals surface area contributed by atoms with E-state index >= 15 is 0 Å². The molecule has 0 aromatic heterocycles.